The molecule has 1 heterocycles. The van der Waals surface area contributed by atoms with Crippen LogP contribution in [0.4, 0.5) is 15.8 Å². The molecule has 5 nitrogen and oxygen atoms in total. The molecule has 1 unspecified atom stereocenters. The molecule has 3 N–H and O–H groups in total. The molecule has 110 valence electrons. The number of pyridine rings is 1. The van der Waals surface area contributed by atoms with Crippen molar-refractivity contribution in [1.29, 1.82) is 0 Å². The quantitative estimate of drug-likeness (QED) is 0.851. The predicted molar refractivity (Wildman–Crippen MR) is 78.8 cm³/mol. The number of hydrogen-bond acceptors (Lipinski definition) is 4. The van der Waals surface area contributed by atoms with Crippen LogP contribution in [0, 0.1) is 5.82 Å². The van der Waals surface area contributed by atoms with Gasteiger partial charge in [0.1, 0.15) is 11.6 Å². The highest BCUT2D eigenvalue weighted by molar-refractivity contribution is 6.30. The van der Waals surface area contributed by atoms with E-state index in [-0.39, 0.29) is 5.69 Å². The van der Waals surface area contributed by atoms with E-state index in [0.717, 1.165) is 6.07 Å². The van der Waals surface area contributed by atoms with Crippen molar-refractivity contribution in [2.24, 2.45) is 0 Å². The van der Waals surface area contributed by atoms with Crippen LogP contribution in [0.3, 0.4) is 0 Å². The largest absolute Gasteiger partial charge is 0.479 e. The van der Waals surface area contributed by atoms with Gasteiger partial charge in [-0.15, -0.1) is 0 Å². The number of carbonyl (C=O) groups excluding carboxylic acids is 1. The summed E-state index contributed by atoms with van der Waals surface area (Å²) in [5.74, 6) is -0.523. The van der Waals surface area contributed by atoms with E-state index in [1.165, 1.54) is 24.5 Å². The van der Waals surface area contributed by atoms with E-state index in [4.69, 9.17) is 22.1 Å². The van der Waals surface area contributed by atoms with Crippen LogP contribution < -0.4 is 15.8 Å². The fraction of sp³-hybridized carbons (Fsp3) is 0.143. The van der Waals surface area contributed by atoms with E-state index in [1.54, 1.807) is 13.0 Å². The van der Waals surface area contributed by atoms with Crippen LogP contribution in [0.2, 0.25) is 5.02 Å². The maximum Gasteiger partial charge on any atom is 0.265 e. The molecule has 1 amide bonds. The first-order valence-corrected chi connectivity index (χ1v) is 6.46. The number of ether oxygens (including phenoxy) is 1. The summed E-state index contributed by atoms with van der Waals surface area (Å²) in [5, 5.41) is 2.97. The van der Waals surface area contributed by atoms with E-state index in [2.05, 4.69) is 10.3 Å². The Balaban J connectivity index is 2.02. The molecule has 0 saturated carbocycles. The molecule has 0 aliphatic heterocycles. The maximum absolute atomic E-state index is 12.9. The monoisotopic (exact) mass is 309 g/mol. The van der Waals surface area contributed by atoms with Gasteiger partial charge < -0.3 is 15.8 Å². The van der Waals surface area contributed by atoms with Gasteiger partial charge in [0.25, 0.3) is 5.91 Å². The van der Waals surface area contributed by atoms with Crippen molar-refractivity contribution in [3.8, 4) is 5.75 Å². The number of anilines is 2. The van der Waals surface area contributed by atoms with Gasteiger partial charge in [-0.25, -0.2) is 4.39 Å². The van der Waals surface area contributed by atoms with Crippen LogP contribution in [0.5, 0.6) is 5.75 Å². The van der Waals surface area contributed by atoms with Gasteiger partial charge in [-0.2, -0.15) is 0 Å². The van der Waals surface area contributed by atoms with Crippen molar-refractivity contribution in [3.63, 3.8) is 0 Å². The zero-order valence-corrected chi connectivity index (χ0v) is 11.9. The first-order valence-electron chi connectivity index (χ1n) is 6.09. The number of aromatic nitrogens is 1. The zero-order valence-electron chi connectivity index (χ0n) is 11.1. The van der Waals surface area contributed by atoms with Gasteiger partial charge in [-0.1, -0.05) is 11.6 Å². The van der Waals surface area contributed by atoms with Gasteiger partial charge in [-0.3, -0.25) is 9.78 Å². The highest BCUT2D eigenvalue weighted by Gasteiger charge is 2.16. The Labute approximate surface area is 125 Å². The molecule has 7 heteroatoms. The Hall–Kier alpha value is -2.34. The Morgan fingerprint density at radius 1 is 1.43 bits per heavy atom. The van der Waals surface area contributed by atoms with Crippen molar-refractivity contribution >= 4 is 28.9 Å². The van der Waals surface area contributed by atoms with Gasteiger partial charge in [0, 0.05) is 12.3 Å². The molecule has 2 rings (SSSR count). The third kappa shape index (κ3) is 4.06. The summed E-state index contributed by atoms with van der Waals surface area (Å²) in [4.78, 5) is 15.9. The molecular formula is C14H13ClFN3O2. The molecular weight excluding hydrogens is 297 g/mol. The lowest BCUT2D eigenvalue weighted by molar-refractivity contribution is -0.122. The van der Waals surface area contributed by atoms with Crippen LogP contribution >= 0.6 is 11.6 Å². The normalized spacial score (nSPS) is 11.8. The Morgan fingerprint density at radius 2 is 2.19 bits per heavy atom. The first-order chi connectivity index (χ1) is 9.95. The van der Waals surface area contributed by atoms with Crippen LogP contribution in [0.15, 0.2) is 36.7 Å². The van der Waals surface area contributed by atoms with Crippen molar-refractivity contribution in [2.45, 2.75) is 13.0 Å². The summed E-state index contributed by atoms with van der Waals surface area (Å²) in [7, 11) is 0. The molecule has 1 aromatic carbocycles. The third-order valence-electron chi connectivity index (χ3n) is 2.63. The summed E-state index contributed by atoms with van der Waals surface area (Å²) in [6.07, 6.45) is 2.11. The van der Waals surface area contributed by atoms with E-state index < -0.39 is 17.8 Å². The molecule has 0 bridgehead atoms. The lowest BCUT2D eigenvalue weighted by atomic mass is 10.2. The molecule has 0 spiro atoms. The van der Waals surface area contributed by atoms with Gasteiger partial charge in [0.15, 0.2) is 6.10 Å². The van der Waals surface area contributed by atoms with Crippen molar-refractivity contribution in [2.75, 3.05) is 11.1 Å². The Morgan fingerprint density at radius 3 is 2.86 bits per heavy atom. The number of halogens is 2. The minimum Gasteiger partial charge on any atom is -0.479 e. The smallest absolute Gasteiger partial charge is 0.265 e. The number of nitrogens with one attached hydrogen (secondary N) is 1. The topological polar surface area (TPSA) is 77.2 Å². The lowest BCUT2D eigenvalue weighted by Crippen LogP contribution is -2.30. The second kappa shape index (κ2) is 6.41. The van der Waals surface area contributed by atoms with Crippen LogP contribution in [0.25, 0.3) is 0 Å². The highest BCUT2D eigenvalue weighted by Crippen LogP contribution is 2.20. The second-order valence-electron chi connectivity index (χ2n) is 4.32. The summed E-state index contributed by atoms with van der Waals surface area (Å²) in [6, 6.07) is 5.27. The standard InChI is InChI=1S/C14H13ClFN3O2/c1-8(21-11-4-9(15)6-18-7-11)14(20)19-13-3-2-10(16)5-12(13)17/h2-8H,17H2,1H3,(H,19,20). The molecule has 21 heavy (non-hydrogen) atoms. The summed E-state index contributed by atoms with van der Waals surface area (Å²) in [5.41, 5.74) is 6.08. The van der Waals surface area contributed by atoms with E-state index >= 15 is 0 Å². The number of nitrogen functional groups attached to an aromatic ring is 1. The van der Waals surface area contributed by atoms with Crippen molar-refractivity contribution < 1.29 is 13.9 Å². The molecule has 1 atom stereocenters. The molecule has 0 fully saturated rings. The highest BCUT2D eigenvalue weighted by atomic mass is 35.5. The molecule has 0 aliphatic carbocycles. The number of carbonyl (C=O) groups is 1. The number of nitrogens with two attached hydrogens (primary N) is 1. The average molecular weight is 310 g/mol. The number of rotatable bonds is 4. The minimum atomic E-state index is -0.797. The maximum atomic E-state index is 12.9. The first kappa shape index (κ1) is 15.1. The summed E-state index contributed by atoms with van der Waals surface area (Å²) in [6.45, 7) is 1.57. The average Bonchev–Trinajstić information content (AvgIpc) is 2.41. The SMILES string of the molecule is CC(Oc1cncc(Cl)c1)C(=O)Nc1ccc(F)cc1N. The van der Waals surface area contributed by atoms with Crippen molar-refractivity contribution in [3.05, 3.63) is 47.5 Å². The molecule has 0 saturated heterocycles. The van der Waals surface area contributed by atoms with Crippen LogP contribution in [-0.4, -0.2) is 17.0 Å². The van der Waals surface area contributed by atoms with Gasteiger partial charge in [0.2, 0.25) is 0 Å². The molecule has 1 aromatic heterocycles. The van der Waals surface area contributed by atoms with E-state index in [1.807, 2.05) is 0 Å². The Bertz CT molecular complexity index is 666. The van der Waals surface area contributed by atoms with Gasteiger partial charge >= 0.3 is 0 Å². The number of benzene rings is 1. The van der Waals surface area contributed by atoms with Gasteiger partial charge in [-0.05, 0) is 25.1 Å². The van der Waals surface area contributed by atoms with Crippen molar-refractivity contribution in [1.82, 2.24) is 4.98 Å². The van der Waals surface area contributed by atoms with Gasteiger partial charge in [0.05, 0.1) is 22.6 Å². The zero-order chi connectivity index (χ0) is 15.4. The number of amides is 1. The fourth-order valence-electron chi connectivity index (χ4n) is 1.60. The number of hydrogen-bond donors (Lipinski definition) is 2. The number of nitrogens with zero attached hydrogens (tertiary/aromatic N) is 1. The Kier molecular flexibility index (Phi) is 4.59. The molecule has 0 aliphatic rings. The van der Waals surface area contributed by atoms with Crippen LogP contribution in [0.1, 0.15) is 6.92 Å². The predicted octanol–water partition coefficient (Wildman–Crippen LogP) is 2.86. The minimum absolute atomic E-state index is 0.139. The lowest BCUT2D eigenvalue weighted by Gasteiger charge is -2.15. The summed E-state index contributed by atoms with van der Waals surface area (Å²) < 4.78 is 18.4. The second-order valence-corrected chi connectivity index (χ2v) is 4.76. The summed E-state index contributed by atoms with van der Waals surface area (Å²) >= 11 is 5.78. The van der Waals surface area contributed by atoms with Crippen LogP contribution in [-0.2, 0) is 4.79 Å². The van der Waals surface area contributed by atoms with E-state index in [9.17, 15) is 9.18 Å². The fourth-order valence-corrected chi connectivity index (χ4v) is 1.76. The van der Waals surface area contributed by atoms with E-state index in [0.29, 0.717) is 16.5 Å². The molecule has 0 radical (unpaired) electrons. The third-order valence-corrected chi connectivity index (χ3v) is 2.84. The molecule has 2 aromatic rings.